The molecule has 138 valence electrons. The van der Waals surface area contributed by atoms with Gasteiger partial charge in [-0.05, 0) is 67.6 Å². The van der Waals surface area contributed by atoms with Crippen molar-refractivity contribution in [2.24, 2.45) is 5.92 Å². The van der Waals surface area contributed by atoms with Crippen LogP contribution in [0.4, 0.5) is 10.1 Å². The highest BCUT2D eigenvalue weighted by atomic mass is 19.1. The fourth-order valence-electron chi connectivity index (χ4n) is 3.65. The van der Waals surface area contributed by atoms with Gasteiger partial charge in [0.2, 0.25) is 6.41 Å². The summed E-state index contributed by atoms with van der Waals surface area (Å²) in [5.74, 6) is 0.350. The highest BCUT2D eigenvalue weighted by Crippen LogP contribution is 2.41. The van der Waals surface area contributed by atoms with Crippen LogP contribution >= 0.6 is 0 Å². The van der Waals surface area contributed by atoms with Gasteiger partial charge >= 0.3 is 0 Å². The predicted molar refractivity (Wildman–Crippen MR) is 101 cm³/mol. The van der Waals surface area contributed by atoms with Gasteiger partial charge in [-0.3, -0.25) is 9.78 Å². The zero-order valence-corrected chi connectivity index (χ0v) is 15.4. The van der Waals surface area contributed by atoms with E-state index in [1.165, 1.54) is 18.9 Å². The number of amides is 1. The number of carbonyl (C=O) groups excluding carboxylic acids is 1. The van der Waals surface area contributed by atoms with Gasteiger partial charge in [-0.1, -0.05) is 25.8 Å². The topological polar surface area (TPSA) is 54.0 Å². The summed E-state index contributed by atoms with van der Waals surface area (Å²) in [4.78, 5) is 15.2. The molecule has 3 rings (SSSR count). The molecule has 1 fully saturated rings. The molecule has 0 spiro atoms. The summed E-state index contributed by atoms with van der Waals surface area (Å²) in [6.45, 7) is 4.83. The molecule has 0 aliphatic heterocycles. The van der Waals surface area contributed by atoms with E-state index >= 15 is 0 Å². The number of nitrogens with zero attached hydrogens (tertiary/aromatic N) is 1. The quantitative estimate of drug-likeness (QED) is 0.665. The molecule has 26 heavy (non-hydrogen) atoms. The molecule has 5 heteroatoms. The molecule has 1 unspecified atom stereocenters. The Balaban J connectivity index is 2.11. The third-order valence-electron chi connectivity index (χ3n) is 5.17. The Morgan fingerprint density at radius 3 is 2.69 bits per heavy atom. The van der Waals surface area contributed by atoms with E-state index in [2.05, 4.69) is 28.6 Å². The minimum absolute atomic E-state index is 0.206. The molecule has 1 atom stereocenters. The first-order chi connectivity index (χ1) is 12.6. The second kappa shape index (κ2) is 7.96. The summed E-state index contributed by atoms with van der Waals surface area (Å²) in [6.07, 6.45) is 6.95. The smallest absolute Gasteiger partial charge is 0.211 e. The molecule has 4 nitrogen and oxygen atoms in total. The lowest BCUT2D eigenvalue weighted by molar-refractivity contribution is -0.105. The van der Waals surface area contributed by atoms with Gasteiger partial charge in [-0.2, -0.15) is 0 Å². The van der Waals surface area contributed by atoms with Crippen LogP contribution in [0.3, 0.4) is 0 Å². The molecule has 2 aromatic rings. The van der Waals surface area contributed by atoms with Gasteiger partial charge in [-0.15, -0.1) is 0 Å². The average Bonchev–Trinajstić information content (AvgIpc) is 3.45. The van der Waals surface area contributed by atoms with Crippen molar-refractivity contribution in [3.8, 4) is 0 Å². The molecule has 0 radical (unpaired) electrons. The van der Waals surface area contributed by atoms with Crippen LogP contribution in [0, 0.1) is 18.7 Å². The Morgan fingerprint density at radius 1 is 1.27 bits per heavy atom. The van der Waals surface area contributed by atoms with Crippen LogP contribution < -0.4 is 10.6 Å². The maximum Gasteiger partial charge on any atom is 0.211 e. The summed E-state index contributed by atoms with van der Waals surface area (Å²) >= 11 is 0. The number of hydrogen-bond donors (Lipinski definition) is 2. The summed E-state index contributed by atoms with van der Waals surface area (Å²) in [5, 5.41) is 6.14. The van der Waals surface area contributed by atoms with E-state index in [-0.39, 0.29) is 5.69 Å². The summed E-state index contributed by atoms with van der Waals surface area (Å²) in [5.41, 5.74) is 2.80. The number of pyridine rings is 1. The molecule has 1 amide bonds. The maximum absolute atomic E-state index is 14.1. The number of benzene rings is 1. The van der Waals surface area contributed by atoms with E-state index in [9.17, 15) is 9.18 Å². The Hall–Kier alpha value is -2.27. The molecular weight excluding hydrogens is 329 g/mol. The van der Waals surface area contributed by atoms with Crippen molar-refractivity contribution in [1.82, 2.24) is 10.3 Å². The van der Waals surface area contributed by atoms with Crippen molar-refractivity contribution >= 4 is 12.1 Å². The first-order valence-corrected chi connectivity index (χ1v) is 9.27. The van der Waals surface area contributed by atoms with E-state index in [1.54, 1.807) is 6.07 Å². The Labute approximate surface area is 154 Å². The molecule has 1 heterocycles. The number of aryl methyl sites for hydroxylation is 1. The standard InChI is InChI=1S/C21H26FN3O/c1-3-25-21(10-8-16-4-5-16,18-9-11-23-15(2)12-18)17-6-7-19(22)20(13-17)24-14-26/h6-7,9,11-14,16,25H,3-5,8,10H2,1-2H3,(H,24,26). The third-order valence-corrected chi connectivity index (χ3v) is 5.17. The van der Waals surface area contributed by atoms with Crippen molar-refractivity contribution in [2.75, 3.05) is 11.9 Å². The largest absolute Gasteiger partial charge is 0.326 e. The highest BCUT2D eigenvalue weighted by Gasteiger charge is 2.36. The van der Waals surface area contributed by atoms with Gasteiger partial charge < -0.3 is 10.6 Å². The molecule has 1 aliphatic carbocycles. The van der Waals surface area contributed by atoms with Crippen LogP contribution in [-0.4, -0.2) is 17.9 Å². The third kappa shape index (κ3) is 3.93. The lowest BCUT2D eigenvalue weighted by Crippen LogP contribution is -2.43. The lowest BCUT2D eigenvalue weighted by atomic mass is 9.78. The van der Waals surface area contributed by atoms with Gasteiger partial charge in [0.25, 0.3) is 0 Å². The molecular formula is C21H26FN3O. The number of anilines is 1. The van der Waals surface area contributed by atoms with Crippen LogP contribution in [0.1, 0.15) is 49.4 Å². The van der Waals surface area contributed by atoms with Crippen molar-refractivity contribution in [3.63, 3.8) is 0 Å². The van der Waals surface area contributed by atoms with Gasteiger partial charge in [0.15, 0.2) is 0 Å². The zero-order valence-electron chi connectivity index (χ0n) is 15.4. The number of carbonyl (C=O) groups is 1. The van der Waals surface area contributed by atoms with Crippen LogP contribution in [0.2, 0.25) is 0 Å². The monoisotopic (exact) mass is 355 g/mol. The van der Waals surface area contributed by atoms with E-state index in [0.29, 0.717) is 6.41 Å². The Bertz CT molecular complexity index is 776. The summed E-state index contributed by atoms with van der Waals surface area (Å²) < 4.78 is 14.1. The SMILES string of the molecule is CCNC(CCC1CC1)(c1ccnc(C)c1)c1ccc(F)c(NC=O)c1. The second-order valence-corrected chi connectivity index (χ2v) is 7.06. The van der Waals surface area contributed by atoms with E-state index < -0.39 is 11.4 Å². The van der Waals surface area contributed by atoms with Crippen molar-refractivity contribution in [2.45, 2.75) is 45.1 Å². The van der Waals surface area contributed by atoms with E-state index in [4.69, 9.17) is 0 Å². The lowest BCUT2D eigenvalue weighted by Gasteiger charge is -2.37. The van der Waals surface area contributed by atoms with Crippen LogP contribution in [-0.2, 0) is 10.3 Å². The summed E-state index contributed by atoms with van der Waals surface area (Å²) in [7, 11) is 0. The first kappa shape index (κ1) is 18.5. The normalized spacial score (nSPS) is 16.1. The van der Waals surface area contributed by atoms with Crippen LogP contribution in [0.25, 0.3) is 0 Å². The predicted octanol–water partition coefficient (Wildman–Crippen LogP) is 4.14. The van der Waals surface area contributed by atoms with Crippen molar-refractivity contribution in [1.29, 1.82) is 0 Å². The summed E-state index contributed by atoms with van der Waals surface area (Å²) in [6, 6.07) is 9.11. The first-order valence-electron chi connectivity index (χ1n) is 9.27. The van der Waals surface area contributed by atoms with Crippen molar-refractivity contribution < 1.29 is 9.18 Å². The highest BCUT2D eigenvalue weighted by molar-refractivity contribution is 5.72. The van der Waals surface area contributed by atoms with Crippen LogP contribution in [0.15, 0.2) is 36.5 Å². The Morgan fingerprint density at radius 2 is 2.04 bits per heavy atom. The molecule has 1 aromatic carbocycles. The van der Waals surface area contributed by atoms with Gasteiger partial charge in [0.1, 0.15) is 5.82 Å². The van der Waals surface area contributed by atoms with Gasteiger partial charge in [0.05, 0.1) is 11.2 Å². The number of hydrogen-bond acceptors (Lipinski definition) is 3. The molecule has 0 saturated heterocycles. The maximum atomic E-state index is 14.1. The fourth-order valence-corrected chi connectivity index (χ4v) is 3.65. The van der Waals surface area contributed by atoms with E-state index in [0.717, 1.165) is 42.1 Å². The molecule has 1 saturated carbocycles. The minimum atomic E-state index is -0.432. The Kier molecular flexibility index (Phi) is 5.67. The molecule has 0 bridgehead atoms. The second-order valence-electron chi connectivity index (χ2n) is 7.06. The fraction of sp³-hybridized carbons (Fsp3) is 0.429. The zero-order chi connectivity index (χ0) is 18.6. The minimum Gasteiger partial charge on any atom is -0.326 e. The number of halogens is 1. The molecule has 1 aromatic heterocycles. The van der Waals surface area contributed by atoms with E-state index in [1.807, 2.05) is 25.3 Å². The van der Waals surface area contributed by atoms with Gasteiger partial charge in [0, 0.05) is 11.9 Å². The number of aromatic nitrogens is 1. The molecule has 2 N–H and O–H groups in total. The van der Waals surface area contributed by atoms with Crippen LogP contribution in [0.5, 0.6) is 0 Å². The molecule has 1 aliphatic rings. The number of rotatable bonds is 9. The van der Waals surface area contributed by atoms with Crippen molar-refractivity contribution in [3.05, 3.63) is 59.2 Å². The number of nitrogens with one attached hydrogen (secondary N) is 2. The van der Waals surface area contributed by atoms with Gasteiger partial charge in [-0.25, -0.2) is 4.39 Å². The average molecular weight is 355 g/mol.